The van der Waals surface area contributed by atoms with Crippen molar-refractivity contribution in [2.24, 2.45) is 0 Å². The van der Waals surface area contributed by atoms with Gasteiger partial charge in [0.05, 0.1) is 5.02 Å². The molecule has 0 unspecified atom stereocenters. The van der Waals surface area contributed by atoms with Crippen LogP contribution in [0.4, 0.5) is 5.69 Å². The van der Waals surface area contributed by atoms with Crippen LogP contribution in [-0.2, 0) is 13.0 Å². The molecule has 4 heteroatoms. The fraction of sp³-hybridized carbons (Fsp3) is 0.214. The molecule has 18 heavy (non-hydrogen) atoms. The maximum absolute atomic E-state index is 6.04. The van der Waals surface area contributed by atoms with Crippen LogP contribution >= 0.6 is 23.2 Å². The van der Waals surface area contributed by atoms with Crippen LogP contribution in [-0.4, -0.2) is 10.9 Å². The average molecular weight is 281 g/mol. The van der Waals surface area contributed by atoms with E-state index in [9.17, 15) is 0 Å². The number of nitrogens with one attached hydrogen (secondary N) is 1. The quantitative estimate of drug-likeness (QED) is 0.833. The monoisotopic (exact) mass is 280 g/mol. The fourth-order valence-electron chi connectivity index (χ4n) is 1.64. The van der Waals surface area contributed by atoms with Crippen LogP contribution in [0.15, 0.2) is 42.7 Å². The molecule has 1 heterocycles. The Morgan fingerprint density at radius 2 is 1.89 bits per heavy atom. The van der Waals surface area contributed by atoms with Crippen molar-refractivity contribution in [1.82, 2.24) is 4.98 Å². The zero-order valence-corrected chi connectivity index (χ0v) is 11.4. The van der Waals surface area contributed by atoms with Gasteiger partial charge in [-0.2, -0.15) is 0 Å². The molecule has 0 saturated heterocycles. The van der Waals surface area contributed by atoms with Crippen molar-refractivity contribution < 1.29 is 0 Å². The molecule has 0 saturated carbocycles. The van der Waals surface area contributed by atoms with Crippen molar-refractivity contribution >= 4 is 28.9 Å². The summed E-state index contributed by atoms with van der Waals surface area (Å²) in [7, 11) is 0. The number of alkyl halides is 1. The number of pyridine rings is 1. The zero-order valence-electron chi connectivity index (χ0n) is 9.87. The van der Waals surface area contributed by atoms with Gasteiger partial charge in [-0.25, -0.2) is 0 Å². The lowest BCUT2D eigenvalue weighted by molar-refractivity contribution is 1.12. The van der Waals surface area contributed by atoms with Crippen LogP contribution in [0.3, 0.4) is 0 Å². The summed E-state index contributed by atoms with van der Waals surface area (Å²) in [6, 6.07) is 10.2. The number of hydrogen-bond donors (Lipinski definition) is 1. The summed E-state index contributed by atoms with van der Waals surface area (Å²) in [5.74, 6) is 0.652. The van der Waals surface area contributed by atoms with Gasteiger partial charge >= 0.3 is 0 Å². The molecule has 0 fully saturated rings. The topological polar surface area (TPSA) is 24.9 Å². The van der Waals surface area contributed by atoms with Gasteiger partial charge in [-0.05, 0) is 35.7 Å². The summed E-state index contributed by atoms with van der Waals surface area (Å²) >= 11 is 11.7. The summed E-state index contributed by atoms with van der Waals surface area (Å²) in [6.45, 7) is 0.691. The third-order valence-electron chi connectivity index (χ3n) is 2.68. The average Bonchev–Trinajstić information content (AvgIpc) is 2.40. The molecule has 0 aliphatic carbocycles. The van der Waals surface area contributed by atoms with Crippen molar-refractivity contribution in [2.45, 2.75) is 13.0 Å². The maximum atomic E-state index is 6.04. The highest BCUT2D eigenvalue weighted by atomic mass is 35.5. The molecule has 0 spiro atoms. The van der Waals surface area contributed by atoms with E-state index in [1.54, 1.807) is 12.4 Å². The molecule has 0 aliphatic rings. The predicted molar refractivity (Wildman–Crippen MR) is 77.4 cm³/mol. The Balaban J connectivity index is 1.96. The molecule has 0 bridgehead atoms. The molecule has 0 amide bonds. The number of nitrogens with zero attached hydrogens (tertiary/aromatic N) is 1. The second kappa shape index (κ2) is 6.62. The first-order chi connectivity index (χ1) is 8.79. The van der Waals surface area contributed by atoms with Crippen LogP contribution in [0.2, 0.25) is 5.02 Å². The Kier molecular flexibility index (Phi) is 4.85. The van der Waals surface area contributed by atoms with E-state index in [0.29, 0.717) is 17.4 Å². The Hall–Kier alpha value is -1.25. The third kappa shape index (κ3) is 3.62. The van der Waals surface area contributed by atoms with Crippen molar-refractivity contribution in [1.29, 1.82) is 0 Å². The molecule has 0 aliphatic heterocycles. The largest absolute Gasteiger partial charge is 0.381 e. The standard InChI is InChI=1S/C14H14Cl2N2/c15-7-5-11-1-3-13(4-2-11)18-9-12-6-8-17-10-14(12)16/h1-4,6,8,10,18H,5,7,9H2. The van der Waals surface area contributed by atoms with Gasteiger partial charge < -0.3 is 5.32 Å². The Labute approximate surface area is 117 Å². The third-order valence-corrected chi connectivity index (χ3v) is 3.21. The van der Waals surface area contributed by atoms with Crippen LogP contribution in [0.1, 0.15) is 11.1 Å². The molecule has 1 N–H and O–H groups in total. The summed E-state index contributed by atoms with van der Waals surface area (Å²) in [4.78, 5) is 3.96. The normalized spacial score (nSPS) is 10.3. The zero-order chi connectivity index (χ0) is 12.8. The smallest absolute Gasteiger partial charge is 0.0639 e. The number of benzene rings is 1. The van der Waals surface area contributed by atoms with Gasteiger partial charge in [0.2, 0.25) is 0 Å². The number of halogens is 2. The Bertz CT molecular complexity index is 497. The van der Waals surface area contributed by atoms with Crippen LogP contribution < -0.4 is 5.32 Å². The summed E-state index contributed by atoms with van der Waals surface area (Å²) in [5, 5.41) is 4.01. The van der Waals surface area contributed by atoms with Gasteiger partial charge in [0.15, 0.2) is 0 Å². The lowest BCUT2D eigenvalue weighted by Gasteiger charge is -2.08. The van der Waals surface area contributed by atoms with Crippen LogP contribution in [0.5, 0.6) is 0 Å². The molecule has 2 nitrogen and oxygen atoms in total. The van der Waals surface area contributed by atoms with Crippen molar-refractivity contribution in [3.63, 3.8) is 0 Å². The van der Waals surface area contributed by atoms with E-state index in [0.717, 1.165) is 17.7 Å². The van der Waals surface area contributed by atoms with Gasteiger partial charge in [-0.15, -0.1) is 11.6 Å². The first-order valence-corrected chi connectivity index (χ1v) is 6.68. The minimum absolute atomic E-state index is 0.652. The van der Waals surface area contributed by atoms with Crippen molar-refractivity contribution in [2.75, 3.05) is 11.2 Å². The van der Waals surface area contributed by atoms with E-state index >= 15 is 0 Å². The van der Waals surface area contributed by atoms with E-state index in [2.05, 4.69) is 34.6 Å². The number of aromatic nitrogens is 1. The fourth-order valence-corrected chi connectivity index (χ4v) is 2.05. The molecule has 2 aromatic rings. The second-order valence-corrected chi connectivity index (χ2v) is 4.74. The van der Waals surface area contributed by atoms with E-state index in [4.69, 9.17) is 23.2 Å². The summed E-state index contributed by atoms with van der Waals surface area (Å²) in [5.41, 5.74) is 3.36. The van der Waals surface area contributed by atoms with E-state index in [1.807, 2.05) is 6.07 Å². The van der Waals surface area contributed by atoms with E-state index in [-0.39, 0.29) is 0 Å². The summed E-state index contributed by atoms with van der Waals surface area (Å²) in [6.07, 6.45) is 4.30. The Morgan fingerprint density at radius 3 is 2.56 bits per heavy atom. The number of rotatable bonds is 5. The Morgan fingerprint density at radius 1 is 1.11 bits per heavy atom. The first kappa shape index (κ1) is 13.2. The molecule has 0 atom stereocenters. The predicted octanol–water partition coefficient (Wildman–Crippen LogP) is 4.13. The van der Waals surface area contributed by atoms with Gasteiger partial charge in [0.25, 0.3) is 0 Å². The van der Waals surface area contributed by atoms with Crippen LogP contribution in [0, 0.1) is 0 Å². The van der Waals surface area contributed by atoms with Crippen molar-refractivity contribution in [3.8, 4) is 0 Å². The van der Waals surface area contributed by atoms with E-state index in [1.165, 1.54) is 5.56 Å². The van der Waals surface area contributed by atoms with Gasteiger partial charge in [0, 0.05) is 30.5 Å². The summed E-state index contributed by atoms with van der Waals surface area (Å²) < 4.78 is 0. The molecule has 2 rings (SSSR count). The molecule has 0 radical (unpaired) electrons. The second-order valence-electron chi connectivity index (χ2n) is 3.96. The van der Waals surface area contributed by atoms with E-state index < -0.39 is 0 Å². The van der Waals surface area contributed by atoms with Gasteiger partial charge in [0.1, 0.15) is 0 Å². The highest BCUT2D eigenvalue weighted by Gasteiger charge is 1.99. The minimum Gasteiger partial charge on any atom is -0.381 e. The molecule has 94 valence electrons. The molecular formula is C14H14Cl2N2. The minimum atomic E-state index is 0.652. The number of anilines is 1. The number of aryl methyl sites for hydroxylation is 1. The highest BCUT2D eigenvalue weighted by Crippen LogP contribution is 2.16. The lowest BCUT2D eigenvalue weighted by Crippen LogP contribution is -2.00. The first-order valence-electron chi connectivity index (χ1n) is 5.77. The highest BCUT2D eigenvalue weighted by molar-refractivity contribution is 6.31. The SMILES string of the molecule is ClCCc1ccc(NCc2ccncc2Cl)cc1. The van der Waals surface area contributed by atoms with Crippen LogP contribution in [0.25, 0.3) is 0 Å². The number of hydrogen-bond acceptors (Lipinski definition) is 2. The molecule has 1 aromatic carbocycles. The van der Waals surface area contributed by atoms with Gasteiger partial charge in [-0.3, -0.25) is 4.98 Å². The van der Waals surface area contributed by atoms with Crippen molar-refractivity contribution in [3.05, 3.63) is 58.9 Å². The van der Waals surface area contributed by atoms with Gasteiger partial charge in [-0.1, -0.05) is 23.7 Å². The lowest BCUT2D eigenvalue weighted by atomic mass is 10.1. The maximum Gasteiger partial charge on any atom is 0.0639 e. The molecular weight excluding hydrogens is 267 g/mol. The molecule has 1 aromatic heterocycles.